The van der Waals surface area contributed by atoms with Gasteiger partial charge in [-0.2, -0.15) is 0 Å². The topological polar surface area (TPSA) is 49.9 Å². The number of nitrogens with zero attached hydrogens (tertiary/aromatic N) is 2. The number of rotatable bonds is 6. The van der Waals surface area contributed by atoms with E-state index in [1.807, 2.05) is 5.38 Å². The van der Waals surface area contributed by atoms with Crippen LogP contribution >= 0.6 is 11.3 Å². The largest absolute Gasteiger partial charge is 0.379 e. The molecule has 5 rings (SSSR count). The van der Waals surface area contributed by atoms with Crippen molar-refractivity contribution in [1.29, 1.82) is 0 Å². The highest BCUT2D eigenvalue weighted by molar-refractivity contribution is 7.10. The number of Topliss-reactive ketones (excluding diaryl/α,β-unsaturated/α-hetero) is 1. The molecule has 1 saturated heterocycles. The van der Waals surface area contributed by atoms with E-state index in [9.17, 15) is 9.59 Å². The van der Waals surface area contributed by atoms with E-state index in [4.69, 9.17) is 4.74 Å². The first-order chi connectivity index (χ1) is 15.6. The summed E-state index contributed by atoms with van der Waals surface area (Å²) in [4.78, 5) is 31.0. The predicted octanol–water partition coefficient (Wildman–Crippen LogP) is 4.00. The third-order valence-corrected chi connectivity index (χ3v) is 8.01. The maximum atomic E-state index is 13.0. The summed E-state index contributed by atoms with van der Waals surface area (Å²) in [5.74, 6) is 0.169. The molecule has 0 spiro atoms. The summed E-state index contributed by atoms with van der Waals surface area (Å²) < 4.78 is 5.43. The lowest BCUT2D eigenvalue weighted by Crippen LogP contribution is -2.43. The summed E-state index contributed by atoms with van der Waals surface area (Å²) in [6.07, 6.45) is 3.85. The molecule has 1 aliphatic carbocycles. The van der Waals surface area contributed by atoms with Crippen LogP contribution < -0.4 is 0 Å². The van der Waals surface area contributed by atoms with E-state index >= 15 is 0 Å². The predicted molar refractivity (Wildman–Crippen MR) is 126 cm³/mol. The van der Waals surface area contributed by atoms with Crippen molar-refractivity contribution < 1.29 is 14.3 Å². The van der Waals surface area contributed by atoms with Gasteiger partial charge in [0.25, 0.3) is 5.91 Å². The van der Waals surface area contributed by atoms with Crippen LogP contribution in [0.3, 0.4) is 0 Å². The summed E-state index contributed by atoms with van der Waals surface area (Å²) in [5, 5.41) is 1.99. The van der Waals surface area contributed by atoms with Crippen molar-refractivity contribution in [2.45, 2.75) is 51.2 Å². The first-order valence-electron chi connectivity index (χ1n) is 11.6. The molecule has 5 nitrogen and oxygen atoms in total. The molecule has 0 unspecified atom stereocenters. The molecule has 0 radical (unpaired) electrons. The van der Waals surface area contributed by atoms with Gasteiger partial charge in [0.15, 0.2) is 5.78 Å². The average Bonchev–Trinajstić information content (AvgIpc) is 3.34. The zero-order chi connectivity index (χ0) is 22.1. The lowest BCUT2D eigenvalue weighted by atomic mass is 9.89. The van der Waals surface area contributed by atoms with Gasteiger partial charge in [-0.25, -0.2) is 0 Å². The second kappa shape index (κ2) is 9.30. The minimum Gasteiger partial charge on any atom is -0.379 e. The molecule has 1 aromatic heterocycles. The molecule has 1 amide bonds. The van der Waals surface area contributed by atoms with Gasteiger partial charge in [-0.1, -0.05) is 36.4 Å². The Morgan fingerprint density at radius 2 is 1.81 bits per heavy atom. The van der Waals surface area contributed by atoms with E-state index in [0.29, 0.717) is 19.4 Å². The van der Waals surface area contributed by atoms with E-state index in [-0.39, 0.29) is 17.7 Å². The van der Waals surface area contributed by atoms with E-state index in [1.165, 1.54) is 16.0 Å². The summed E-state index contributed by atoms with van der Waals surface area (Å²) in [5.41, 5.74) is 5.60. The number of thiophene rings is 1. The van der Waals surface area contributed by atoms with Crippen LogP contribution in [0.25, 0.3) is 0 Å². The minimum absolute atomic E-state index is 0.0285. The van der Waals surface area contributed by atoms with Crippen LogP contribution in [0.1, 0.15) is 51.2 Å². The Balaban J connectivity index is 1.19. The highest BCUT2D eigenvalue weighted by Gasteiger charge is 2.39. The summed E-state index contributed by atoms with van der Waals surface area (Å²) in [6, 6.07) is 8.65. The highest BCUT2D eigenvalue weighted by Crippen LogP contribution is 2.36. The molecule has 0 N–H and O–H groups in total. The first kappa shape index (κ1) is 21.6. The molecular weight excluding hydrogens is 420 g/mol. The zero-order valence-corrected chi connectivity index (χ0v) is 19.3. The molecule has 2 aromatic rings. The summed E-state index contributed by atoms with van der Waals surface area (Å²) in [6.45, 7) is 9.16. The number of carbonyl (C=O) groups excluding carboxylic acids is 2. The van der Waals surface area contributed by atoms with Crippen LogP contribution in [0.2, 0.25) is 0 Å². The van der Waals surface area contributed by atoms with Gasteiger partial charge >= 0.3 is 0 Å². The summed E-state index contributed by atoms with van der Waals surface area (Å²) >= 11 is 1.69. The van der Waals surface area contributed by atoms with Gasteiger partial charge < -0.3 is 9.64 Å². The van der Waals surface area contributed by atoms with Gasteiger partial charge in [-0.15, -0.1) is 11.3 Å². The number of benzene rings is 1. The number of carbonyl (C=O) groups is 2. The van der Waals surface area contributed by atoms with Gasteiger partial charge in [-0.3, -0.25) is 14.5 Å². The van der Waals surface area contributed by atoms with Crippen LogP contribution in [0.5, 0.6) is 0 Å². The van der Waals surface area contributed by atoms with Crippen LogP contribution in [-0.4, -0.2) is 53.8 Å². The minimum atomic E-state index is -0.280. The average molecular weight is 451 g/mol. The van der Waals surface area contributed by atoms with Crippen LogP contribution in [0.4, 0.5) is 0 Å². The standard InChI is InChI=1S/C26H30N2O3S/c1-18-2-8-23(24(29)14-18)28-16-21-22(26(28)30)17-32-25(21)9-7-19-3-5-20(6-4-19)15-27-10-12-31-13-11-27/h3-6,17,23H,1-2,7-16H2/t23-/m0/s1. The fourth-order valence-corrected chi connectivity index (χ4v) is 6.04. The van der Waals surface area contributed by atoms with Gasteiger partial charge in [-0.05, 0) is 42.4 Å². The Kier molecular flexibility index (Phi) is 6.26. The number of allylic oxidation sites excluding steroid dienone is 1. The molecule has 1 atom stereocenters. The molecular formula is C26H30N2O3S. The molecule has 2 fully saturated rings. The third kappa shape index (κ3) is 4.45. The van der Waals surface area contributed by atoms with Crippen molar-refractivity contribution in [3.8, 4) is 0 Å². The van der Waals surface area contributed by atoms with E-state index in [2.05, 4.69) is 35.7 Å². The molecule has 3 aliphatic rings. The Hall–Kier alpha value is -2.28. The molecule has 168 valence electrons. The zero-order valence-electron chi connectivity index (χ0n) is 18.5. The SMILES string of the molecule is C=C1CC[C@H](N2Cc3c(csc3CCc3ccc(CN4CCOCC4)cc3)C2=O)C(=O)C1. The second-order valence-corrected chi connectivity index (χ2v) is 10.1. The van der Waals surface area contributed by atoms with Crippen molar-refractivity contribution in [2.75, 3.05) is 26.3 Å². The second-order valence-electron chi connectivity index (χ2n) is 9.14. The van der Waals surface area contributed by atoms with E-state index in [0.717, 1.165) is 68.8 Å². The van der Waals surface area contributed by atoms with Gasteiger partial charge in [0.2, 0.25) is 0 Å². The quantitative estimate of drug-likeness (QED) is 0.625. The number of ketones is 1. The normalized spacial score (nSPS) is 21.9. The van der Waals surface area contributed by atoms with Crippen molar-refractivity contribution in [1.82, 2.24) is 9.80 Å². The fourth-order valence-electron chi connectivity index (χ4n) is 5.00. The van der Waals surface area contributed by atoms with E-state index < -0.39 is 0 Å². The molecule has 3 heterocycles. The Labute approximate surface area is 193 Å². The number of morpholine rings is 1. The lowest BCUT2D eigenvalue weighted by Gasteiger charge is -2.30. The number of amides is 1. The van der Waals surface area contributed by atoms with Crippen molar-refractivity contribution in [3.05, 3.63) is 68.9 Å². The number of hydrogen-bond acceptors (Lipinski definition) is 5. The number of fused-ring (bicyclic) bond motifs is 1. The third-order valence-electron chi connectivity index (χ3n) is 6.92. The van der Waals surface area contributed by atoms with Gasteiger partial charge in [0.1, 0.15) is 0 Å². The van der Waals surface area contributed by atoms with E-state index in [1.54, 1.807) is 16.2 Å². The maximum absolute atomic E-state index is 13.0. The smallest absolute Gasteiger partial charge is 0.255 e. The Morgan fingerprint density at radius 1 is 1.06 bits per heavy atom. The Bertz CT molecular complexity index is 1020. The molecule has 1 aromatic carbocycles. The molecule has 6 heteroatoms. The summed E-state index contributed by atoms with van der Waals surface area (Å²) in [7, 11) is 0. The molecule has 32 heavy (non-hydrogen) atoms. The Morgan fingerprint density at radius 3 is 2.56 bits per heavy atom. The lowest BCUT2D eigenvalue weighted by molar-refractivity contribution is -0.124. The van der Waals surface area contributed by atoms with Crippen LogP contribution in [0, 0.1) is 0 Å². The van der Waals surface area contributed by atoms with Crippen molar-refractivity contribution >= 4 is 23.0 Å². The van der Waals surface area contributed by atoms with Gasteiger partial charge in [0, 0.05) is 42.9 Å². The number of ether oxygens (including phenoxy) is 1. The number of aryl methyl sites for hydroxylation is 2. The number of hydrogen-bond donors (Lipinski definition) is 0. The monoisotopic (exact) mass is 450 g/mol. The molecule has 1 saturated carbocycles. The maximum Gasteiger partial charge on any atom is 0.255 e. The first-order valence-corrected chi connectivity index (χ1v) is 12.4. The van der Waals surface area contributed by atoms with Crippen LogP contribution in [-0.2, 0) is 35.5 Å². The van der Waals surface area contributed by atoms with Crippen LogP contribution in [0.15, 0.2) is 41.8 Å². The van der Waals surface area contributed by atoms with Crippen molar-refractivity contribution in [2.24, 2.45) is 0 Å². The molecule has 0 bridgehead atoms. The van der Waals surface area contributed by atoms with Crippen molar-refractivity contribution in [3.63, 3.8) is 0 Å². The fraction of sp³-hybridized carbons (Fsp3) is 0.462. The molecule has 2 aliphatic heterocycles. The highest BCUT2D eigenvalue weighted by atomic mass is 32.1. The van der Waals surface area contributed by atoms with Gasteiger partial charge in [0.05, 0.1) is 24.8 Å².